The average molecular weight is 379 g/mol. The number of halogens is 3. The molecule has 2 aromatic carbocycles. The van der Waals surface area contributed by atoms with Crippen LogP contribution in [0.25, 0.3) is 11.4 Å². The lowest BCUT2D eigenvalue weighted by molar-refractivity contribution is 0.0894. The predicted octanol–water partition coefficient (Wildman–Crippen LogP) is 4.31. The smallest absolute Gasteiger partial charge is 0.176 e. The second-order valence-corrected chi connectivity index (χ2v) is 6.77. The van der Waals surface area contributed by atoms with E-state index >= 15 is 0 Å². The summed E-state index contributed by atoms with van der Waals surface area (Å²) < 4.78 is 35.6. The van der Waals surface area contributed by atoms with Gasteiger partial charge in [-0.15, -0.1) is 10.2 Å². The lowest BCUT2D eigenvalue weighted by atomic mass is 10.1. The van der Waals surface area contributed by atoms with E-state index in [1.807, 2.05) is 0 Å². The number of anilines is 1. The Balaban J connectivity index is 1.97. The van der Waals surface area contributed by atoms with Crippen LogP contribution in [-0.2, 0) is 12.6 Å². The van der Waals surface area contributed by atoms with E-state index < -0.39 is 17.2 Å². The van der Waals surface area contributed by atoms with Crippen LogP contribution >= 0.6 is 11.6 Å². The molecule has 1 heterocycles. The second kappa shape index (κ2) is 6.57. The first-order valence-electron chi connectivity index (χ1n) is 7.78. The van der Waals surface area contributed by atoms with Gasteiger partial charge in [0.25, 0.3) is 0 Å². The van der Waals surface area contributed by atoms with E-state index in [0.717, 1.165) is 0 Å². The molecule has 0 spiro atoms. The molecular formula is C18H17ClF2N4O. The van der Waals surface area contributed by atoms with Crippen LogP contribution in [0.4, 0.5) is 14.5 Å². The number of nitrogens with two attached hydrogens (primary N) is 1. The van der Waals surface area contributed by atoms with E-state index in [2.05, 4.69) is 10.2 Å². The summed E-state index contributed by atoms with van der Waals surface area (Å²) >= 11 is 5.76. The number of aromatic nitrogens is 3. The number of rotatable bonds is 4. The van der Waals surface area contributed by atoms with Crippen LogP contribution in [0.5, 0.6) is 5.75 Å². The van der Waals surface area contributed by atoms with Gasteiger partial charge >= 0.3 is 0 Å². The highest BCUT2D eigenvalue weighted by molar-refractivity contribution is 6.30. The minimum Gasteiger partial charge on any atom is -0.477 e. The first kappa shape index (κ1) is 18.1. The van der Waals surface area contributed by atoms with Crippen molar-refractivity contribution in [2.45, 2.75) is 19.4 Å². The molecule has 0 aliphatic carbocycles. The summed E-state index contributed by atoms with van der Waals surface area (Å²) in [5, 5.41) is 8.44. The van der Waals surface area contributed by atoms with Crippen LogP contribution in [0.1, 0.15) is 19.7 Å². The third kappa shape index (κ3) is 3.35. The van der Waals surface area contributed by atoms with Crippen molar-refractivity contribution in [1.29, 1.82) is 0 Å². The molecule has 0 fully saturated rings. The molecule has 0 amide bonds. The molecular weight excluding hydrogens is 362 g/mol. The van der Waals surface area contributed by atoms with Crippen molar-refractivity contribution in [2.75, 3.05) is 5.73 Å². The Bertz CT molecular complexity index is 972. The van der Waals surface area contributed by atoms with Gasteiger partial charge in [0.2, 0.25) is 0 Å². The van der Waals surface area contributed by atoms with E-state index in [1.54, 1.807) is 31.5 Å². The van der Waals surface area contributed by atoms with Crippen molar-refractivity contribution >= 4 is 17.3 Å². The fourth-order valence-corrected chi connectivity index (χ4v) is 2.84. The first-order valence-corrected chi connectivity index (χ1v) is 8.16. The summed E-state index contributed by atoms with van der Waals surface area (Å²) in [6, 6.07) is 8.47. The Labute approximate surface area is 154 Å². The van der Waals surface area contributed by atoms with Gasteiger partial charge in [0.1, 0.15) is 5.82 Å². The number of hydrogen-bond acceptors (Lipinski definition) is 4. The van der Waals surface area contributed by atoms with Crippen molar-refractivity contribution in [2.24, 2.45) is 7.05 Å². The van der Waals surface area contributed by atoms with E-state index in [0.29, 0.717) is 17.3 Å². The molecule has 0 aliphatic heterocycles. The van der Waals surface area contributed by atoms with Crippen LogP contribution in [0.3, 0.4) is 0 Å². The zero-order valence-corrected chi connectivity index (χ0v) is 15.2. The molecule has 0 radical (unpaired) electrons. The van der Waals surface area contributed by atoms with Crippen molar-refractivity contribution in [1.82, 2.24) is 14.8 Å². The van der Waals surface area contributed by atoms with Gasteiger partial charge in [0, 0.05) is 17.8 Å². The SMILES string of the molecule is Cn1c(-c2ccc(N)cc2F)nnc1C(C)(C)Oc1ccc(Cl)cc1F. The zero-order valence-electron chi connectivity index (χ0n) is 14.4. The number of nitrogens with zero attached hydrogens (tertiary/aromatic N) is 3. The van der Waals surface area contributed by atoms with Gasteiger partial charge < -0.3 is 15.0 Å². The van der Waals surface area contributed by atoms with Crippen LogP contribution in [0, 0.1) is 11.6 Å². The molecule has 3 aromatic rings. The molecule has 8 heteroatoms. The first-order chi connectivity index (χ1) is 12.2. The molecule has 0 atom stereocenters. The summed E-state index contributed by atoms with van der Waals surface area (Å²) in [5.41, 5.74) is 5.13. The Morgan fingerprint density at radius 2 is 1.81 bits per heavy atom. The summed E-state index contributed by atoms with van der Waals surface area (Å²) in [7, 11) is 1.68. The lowest BCUT2D eigenvalue weighted by Gasteiger charge is -2.25. The summed E-state index contributed by atoms with van der Waals surface area (Å²) in [6.45, 7) is 3.43. The van der Waals surface area contributed by atoms with Crippen LogP contribution < -0.4 is 10.5 Å². The maximum Gasteiger partial charge on any atom is 0.176 e. The van der Waals surface area contributed by atoms with Crippen molar-refractivity contribution < 1.29 is 13.5 Å². The fourth-order valence-electron chi connectivity index (χ4n) is 2.68. The van der Waals surface area contributed by atoms with E-state index in [4.69, 9.17) is 22.1 Å². The normalized spacial score (nSPS) is 11.6. The molecule has 0 unspecified atom stereocenters. The number of ether oxygens (including phenoxy) is 1. The molecule has 0 aliphatic rings. The summed E-state index contributed by atoms with van der Waals surface area (Å²) in [5.74, 6) is -0.349. The molecule has 136 valence electrons. The number of hydrogen-bond donors (Lipinski definition) is 1. The highest BCUT2D eigenvalue weighted by Gasteiger charge is 2.31. The Hall–Kier alpha value is -2.67. The van der Waals surface area contributed by atoms with Crippen molar-refractivity contribution in [3.63, 3.8) is 0 Å². The average Bonchev–Trinajstić information content (AvgIpc) is 2.92. The minimum atomic E-state index is -1.03. The van der Waals surface area contributed by atoms with Gasteiger partial charge in [-0.25, -0.2) is 8.78 Å². The van der Waals surface area contributed by atoms with Gasteiger partial charge in [-0.3, -0.25) is 0 Å². The predicted molar refractivity (Wildman–Crippen MR) is 95.9 cm³/mol. The van der Waals surface area contributed by atoms with Crippen LogP contribution in [-0.4, -0.2) is 14.8 Å². The van der Waals surface area contributed by atoms with Gasteiger partial charge in [-0.2, -0.15) is 0 Å². The quantitative estimate of drug-likeness (QED) is 0.687. The Morgan fingerprint density at radius 1 is 1.08 bits per heavy atom. The Kier molecular flexibility index (Phi) is 4.58. The molecule has 2 N–H and O–H groups in total. The van der Waals surface area contributed by atoms with Crippen molar-refractivity contribution in [3.05, 3.63) is 58.9 Å². The molecule has 0 bridgehead atoms. The van der Waals surface area contributed by atoms with Crippen LogP contribution in [0.15, 0.2) is 36.4 Å². The monoisotopic (exact) mass is 378 g/mol. The summed E-state index contributed by atoms with van der Waals surface area (Å²) in [6.07, 6.45) is 0. The van der Waals surface area contributed by atoms with E-state index in [1.165, 1.54) is 30.3 Å². The Morgan fingerprint density at radius 3 is 2.46 bits per heavy atom. The second-order valence-electron chi connectivity index (χ2n) is 6.33. The lowest BCUT2D eigenvalue weighted by Crippen LogP contribution is -2.29. The van der Waals surface area contributed by atoms with Gasteiger partial charge in [0.05, 0.1) is 5.56 Å². The van der Waals surface area contributed by atoms with Gasteiger partial charge in [0.15, 0.2) is 28.8 Å². The van der Waals surface area contributed by atoms with E-state index in [9.17, 15) is 8.78 Å². The zero-order chi connectivity index (χ0) is 19.1. The highest BCUT2D eigenvalue weighted by atomic mass is 35.5. The maximum absolute atomic E-state index is 14.2. The van der Waals surface area contributed by atoms with Crippen molar-refractivity contribution in [3.8, 4) is 17.1 Å². The molecule has 26 heavy (non-hydrogen) atoms. The highest BCUT2D eigenvalue weighted by Crippen LogP contribution is 2.32. The fraction of sp³-hybridized carbons (Fsp3) is 0.222. The maximum atomic E-state index is 14.2. The topological polar surface area (TPSA) is 66.0 Å². The number of nitrogen functional groups attached to an aromatic ring is 1. The minimum absolute atomic E-state index is 0.0302. The van der Waals surface area contributed by atoms with Crippen LogP contribution in [0.2, 0.25) is 5.02 Å². The standard InChI is InChI=1S/C18H17ClF2N4O/c1-18(2,26-15-7-4-10(19)8-14(15)21)17-24-23-16(25(17)3)12-6-5-11(22)9-13(12)20/h4-9H,22H2,1-3H3. The molecule has 5 nitrogen and oxygen atoms in total. The summed E-state index contributed by atoms with van der Waals surface area (Å²) in [4.78, 5) is 0. The van der Waals surface area contributed by atoms with Gasteiger partial charge in [-0.05, 0) is 50.2 Å². The number of benzene rings is 2. The molecule has 1 aromatic heterocycles. The largest absolute Gasteiger partial charge is 0.477 e. The molecule has 0 saturated carbocycles. The third-order valence-electron chi connectivity index (χ3n) is 3.91. The third-order valence-corrected chi connectivity index (χ3v) is 4.14. The molecule has 0 saturated heterocycles. The van der Waals surface area contributed by atoms with E-state index in [-0.39, 0.29) is 16.3 Å². The molecule has 3 rings (SSSR count). The van der Waals surface area contributed by atoms with Gasteiger partial charge in [-0.1, -0.05) is 11.6 Å².